The van der Waals surface area contributed by atoms with Crippen molar-refractivity contribution in [2.75, 3.05) is 6.54 Å². The predicted molar refractivity (Wildman–Crippen MR) is 107 cm³/mol. The lowest BCUT2D eigenvalue weighted by Gasteiger charge is -2.20. The molecule has 27 heavy (non-hydrogen) atoms. The molecule has 0 saturated carbocycles. The third-order valence-corrected chi connectivity index (χ3v) is 4.23. The van der Waals surface area contributed by atoms with Gasteiger partial charge in [-0.3, -0.25) is 9.59 Å². The van der Waals surface area contributed by atoms with Crippen molar-refractivity contribution in [3.63, 3.8) is 0 Å². The van der Waals surface area contributed by atoms with E-state index >= 15 is 0 Å². The molecule has 0 spiro atoms. The highest BCUT2D eigenvalue weighted by molar-refractivity contribution is 5.87. The Bertz CT molecular complexity index is 744. The molecule has 2 aromatic carbocycles. The van der Waals surface area contributed by atoms with Crippen LogP contribution in [0.5, 0.6) is 5.75 Å². The highest BCUT2D eigenvalue weighted by atomic mass is 16.5. The molecule has 0 aliphatic rings. The van der Waals surface area contributed by atoms with Crippen LogP contribution >= 0.6 is 0 Å². The summed E-state index contributed by atoms with van der Waals surface area (Å²) in [7, 11) is 0. The summed E-state index contributed by atoms with van der Waals surface area (Å²) in [4.78, 5) is 24.4. The van der Waals surface area contributed by atoms with Crippen LogP contribution in [-0.2, 0) is 16.1 Å². The van der Waals surface area contributed by atoms with Crippen molar-refractivity contribution in [3.05, 3.63) is 65.7 Å². The lowest BCUT2D eigenvalue weighted by molar-refractivity contribution is -0.130. The summed E-state index contributed by atoms with van der Waals surface area (Å²) in [6.45, 7) is 6.42. The van der Waals surface area contributed by atoms with Gasteiger partial charge in [-0.05, 0) is 29.5 Å². The van der Waals surface area contributed by atoms with Crippen molar-refractivity contribution in [2.45, 2.75) is 45.8 Å². The molecule has 0 saturated heterocycles. The van der Waals surface area contributed by atoms with Crippen LogP contribution in [0, 0.1) is 0 Å². The number of carbonyl (C=O) groups excluding carboxylic acids is 2. The van der Waals surface area contributed by atoms with E-state index in [4.69, 9.17) is 4.74 Å². The largest absolute Gasteiger partial charge is 0.480 e. The summed E-state index contributed by atoms with van der Waals surface area (Å²) in [5, 5.41) is 5.45. The molecule has 0 radical (unpaired) electrons. The number of hydrogen-bond acceptors (Lipinski definition) is 3. The van der Waals surface area contributed by atoms with E-state index in [1.54, 1.807) is 0 Å². The summed E-state index contributed by atoms with van der Waals surface area (Å²) in [5.41, 5.74) is 2.07. The number of nitrogens with one attached hydrogen (secondary N) is 2. The number of carbonyl (C=O) groups is 2. The molecule has 2 aromatic rings. The van der Waals surface area contributed by atoms with Crippen molar-refractivity contribution < 1.29 is 14.3 Å². The number of rotatable bonds is 9. The minimum atomic E-state index is -0.633. The first kappa shape index (κ1) is 20.5. The Labute approximate surface area is 161 Å². The molecule has 2 amide bonds. The van der Waals surface area contributed by atoms with Crippen LogP contribution in [0.2, 0.25) is 0 Å². The first-order valence-corrected chi connectivity index (χ1v) is 9.35. The van der Waals surface area contributed by atoms with E-state index in [1.165, 1.54) is 0 Å². The molecule has 5 nitrogen and oxygen atoms in total. The zero-order valence-corrected chi connectivity index (χ0v) is 16.2. The summed E-state index contributed by atoms with van der Waals surface area (Å²) in [6.07, 6.45) is -0.115. The number of hydrogen-bond donors (Lipinski definition) is 2. The van der Waals surface area contributed by atoms with Gasteiger partial charge in [-0.2, -0.15) is 0 Å². The van der Waals surface area contributed by atoms with Crippen molar-refractivity contribution in [3.8, 4) is 5.75 Å². The highest BCUT2D eigenvalue weighted by Crippen LogP contribution is 2.27. The number of ether oxygens (including phenoxy) is 1. The topological polar surface area (TPSA) is 67.4 Å². The molecule has 0 fully saturated rings. The van der Waals surface area contributed by atoms with Gasteiger partial charge in [0.2, 0.25) is 5.91 Å². The molecule has 0 heterocycles. The van der Waals surface area contributed by atoms with Crippen molar-refractivity contribution >= 4 is 11.8 Å². The van der Waals surface area contributed by atoms with Crippen LogP contribution < -0.4 is 15.4 Å². The zero-order chi connectivity index (χ0) is 19.6. The fourth-order valence-electron chi connectivity index (χ4n) is 2.68. The number of benzene rings is 2. The van der Waals surface area contributed by atoms with Gasteiger partial charge in [-0.15, -0.1) is 0 Å². The molecule has 2 rings (SSSR count). The molecule has 0 bridgehead atoms. The quantitative estimate of drug-likeness (QED) is 0.713. The maximum Gasteiger partial charge on any atom is 0.261 e. The minimum absolute atomic E-state index is 0.0721. The molecule has 1 unspecified atom stereocenters. The third kappa shape index (κ3) is 6.44. The predicted octanol–water partition coefficient (Wildman–Crippen LogP) is 3.40. The second-order valence-corrected chi connectivity index (χ2v) is 6.69. The van der Waals surface area contributed by atoms with Gasteiger partial charge in [0, 0.05) is 6.54 Å². The second-order valence-electron chi connectivity index (χ2n) is 6.69. The Morgan fingerprint density at radius 3 is 2.30 bits per heavy atom. The molecule has 144 valence electrons. The van der Waals surface area contributed by atoms with E-state index in [0.717, 1.165) is 11.1 Å². The maximum atomic E-state index is 12.4. The Balaban J connectivity index is 1.85. The van der Waals surface area contributed by atoms with Gasteiger partial charge < -0.3 is 15.4 Å². The molecule has 5 heteroatoms. The molecule has 0 aliphatic carbocycles. The molecular formula is C22H28N2O3. The summed E-state index contributed by atoms with van der Waals surface area (Å²) >= 11 is 0. The van der Waals surface area contributed by atoms with Gasteiger partial charge in [0.05, 0.1) is 6.54 Å². The van der Waals surface area contributed by atoms with Gasteiger partial charge in [-0.1, -0.05) is 69.3 Å². The van der Waals surface area contributed by atoms with Crippen LogP contribution in [-0.4, -0.2) is 24.5 Å². The Kier molecular flexibility index (Phi) is 7.86. The summed E-state index contributed by atoms with van der Waals surface area (Å²) < 4.78 is 5.94. The van der Waals surface area contributed by atoms with Crippen LogP contribution in [0.1, 0.15) is 44.2 Å². The standard InChI is InChI=1S/C22H28N2O3/c1-4-19(27-20-13-9-8-12-18(20)16(2)3)22(26)24-15-21(25)23-14-17-10-6-5-7-11-17/h5-13,16,19H,4,14-15H2,1-3H3,(H,23,25)(H,24,26). The van der Waals surface area contributed by atoms with E-state index in [-0.39, 0.29) is 18.4 Å². The van der Waals surface area contributed by atoms with Gasteiger partial charge in [0.25, 0.3) is 5.91 Å². The first-order valence-electron chi connectivity index (χ1n) is 9.35. The molecule has 2 N–H and O–H groups in total. The Morgan fingerprint density at radius 1 is 0.963 bits per heavy atom. The van der Waals surface area contributed by atoms with Crippen LogP contribution in [0.3, 0.4) is 0 Å². The van der Waals surface area contributed by atoms with E-state index < -0.39 is 6.10 Å². The second kappa shape index (κ2) is 10.4. The van der Waals surface area contributed by atoms with Gasteiger partial charge in [0.15, 0.2) is 6.10 Å². The fraction of sp³-hybridized carbons (Fsp3) is 0.364. The number of para-hydroxylation sites is 1. The molecule has 1 atom stereocenters. The molecular weight excluding hydrogens is 340 g/mol. The average molecular weight is 368 g/mol. The lowest BCUT2D eigenvalue weighted by atomic mass is 10.0. The number of amides is 2. The van der Waals surface area contributed by atoms with Crippen molar-refractivity contribution in [1.82, 2.24) is 10.6 Å². The third-order valence-electron chi connectivity index (χ3n) is 4.23. The minimum Gasteiger partial charge on any atom is -0.480 e. The van der Waals surface area contributed by atoms with E-state index in [1.807, 2.05) is 61.5 Å². The molecule has 0 aliphatic heterocycles. The smallest absolute Gasteiger partial charge is 0.261 e. The van der Waals surface area contributed by atoms with Crippen molar-refractivity contribution in [2.24, 2.45) is 0 Å². The van der Waals surface area contributed by atoms with Crippen molar-refractivity contribution in [1.29, 1.82) is 0 Å². The van der Waals surface area contributed by atoms with Crippen LogP contribution in [0.4, 0.5) is 0 Å². The van der Waals surface area contributed by atoms with Gasteiger partial charge in [-0.25, -0.2) is 0 Å². The monoisotopic (exact) mass is 368 g/mol. The van der Waals surface area contributed by atoms with E-state index in [9.17, 15) is 9.59 Å². The lowest BCUT2D eigenvalue weighted by Crippen LogP contribution is -2.43. The average Bonchev–Trinajstić information content (AvgIpc) is 2.69. The fourth-order valence-corrected chi connectivity index (χ4v) is 2.68. The Hall–Kier alpha value is -2.82. The maximum absolute atomic E-state index is 12.4. The molecule has 0 aromatic heterocycles. The normalized spacial score (nSPS) is 11.7. The van der Waals surface area contributed by atoms with Crippen LogP contribution in [0.15, 0.2) is 54.6 Å². The summed E-state index contributed by atoms with van der Waals surface area (Å²) in [6, 6.07) is 17.4. The summed E-state index contributed by atoms with van der Waals surface area (Å²) in [5.74, 6) is 0.490. The SMILES string of the molecule is CCC(Oc1ccccc1C(C)C)C(=O)NCC(=O)NCc1ccccc1. The highest BCUT2D eigenvalue weighted by Gasteiger charge is 2.20. The van der Waals surface area contributed by atoms with E-state index in [0.29, 0.717) is 24.6 Å². The van der Waals surface area contributed by atoms with E-state index in [2.05, 4.69) is 24.5 Å². The van der Waals surface area contributed by atoms with Gasteiger partial charge >= 0.3 is 0 Å². The van der Waals surface area contributed by atoms with Gasteiger partial charge in [0.1, 0.15) is 5.75 Å². The Morgan fingerprint density at radius 2 is 1.63 bits per heavy atom. The van der Waals surface area contributed by atoms with Crippen LogP contribution in [0.25, 0.3) is 0 Å². The first-order chi connectivity index (χ1) is 13.0. The zero-order valence-electron chi connectivity index (χ0n) is 16.2.